The van der Waals surface area contributed by atoms with Crippen LogP contribution in [-0.2, 0) is 10.0 Å². The van der Waals surface area contributed by atoms with E-state index in [0.717, 1.165) is 10.0 Å². The Labute approximate surface area is 112 Å². The quantitative estimate of drug-likeness (QED) is 0.927. The maximum absolute atomic E-state index is 12.1. The summed E-state index contributed by atoms with van der Waals surface area (Å²) in [6, 6.07) is 4.94. The third kappa shape index (κ3) is 3.79. The minimum Gasteiger partial charge on any atom is -0.208 e. The molecular formula is C12H18BrNO2S. The summed E-state index contributed by atoms with van der Waals surface area (Å²) in [4.78, 5) is 0.311. The highest BCUT2D eigenvalue weighted by atomic mass is 79.9. The normalized spacial score (nSPS) is 14.0. The van der Waals surface area contributed by atoms with E-state index >= 15 is 0 Å². The maximum atomic E-state index is 12.1. The van der Waals surface area contributed by atoms with Crippen LogP contribution in [0.5, 0.6) is 0 Å². The summed E-state index contributed by atoms with van der Waals surface area (Å²) in [6.07, 6.45) is 0. The van der Waals surface area contributed by atoms with E-state index in [0.29, 0.717) is 4.90 Å². The smallest absolute Gasteiger partial charge is 0.208 e. The summed E-state index contributed by atoms with van der Waals surface area (Å²) in [6.45, 7) is 7.71. The van der Waals surface area contributed by atoms with Gasteiger partial charge in [-0.1, -0.05) is 29.8 Å². The first-order valence-corrected chi connectivity index (χ1v) is 7.80. The van der Waals surface area contributed by atoms with Gasteiger partial charge < -0.3 is 0 Å². The molecule has 1 N–H and O–H groups in total. The molecule has 17 heavy (non-hydrogen) atoms. The van der Waals surface area contributed by atoms with E-state index in [2.05, 4.69) is 20.7 Å². The molecule has 0 saturated carbocycles. The summed E-state index contributed by atoms with van der Waals surface area (Å²) >= 11 is 3.35. The first-order chi connectivity index (χ1) is 7.74. The van der Waals surface area contributed by atoms with Crippen LogP contribution in [0.3, 0.4) is 0 Å². The van der Waals surface area contributed by atoms with Crippen molar-refractivity contribution in [3.05, 3.63) is 28.2 Å². The monoisotopic (exact) mass is 319 g/mol. The Kier molecular flexibility index (Phi) is 4.75. The predicted octanol–water partition coefficient (Wildman–Crippen LogP) is 3.08. The lowest BCUT2D eigenvalue weighted by atomic mass is 10.1. The van der Waals surface area contributed by atoms with Gasteiger partial charge >= 0.3 is 0 Å². The van der Waals surface area contributed by atoms with Gasteiger partial charge in [0.25, 0.3) is 0 Å². The molecule has 0 spiro atoms. The first kappa shape index (κ1) is 14.7. The molecule has 1 aromatic rings. The van der Waals surface area contributed by atoms with E-state index in [-0.39, 0.29) is 12.0 Å². The van der Waals surface area contributed by atoms with Gasteiger partial charge in [0, 0.05) is 10.5 Å². The minimum atomic E-state index is -3.41. The highest BCUT2D eigenvalue weighted by Gasteiger charge is 2.19. The van der Waals surface area contributed by atoms with Crippen LogP contribution >= 0.6 is 15.9 Å². The molecule has 0 bridgehead atoms. The fourth-order valence-corrected chi connectivity index (χ4v) is 2.96. The topological polar surface area (TPSA) is 46.2 Å². The molecule has 0 radical (unpaired) electrons. The molecule has 5 heteroatoms. The van der Waals surface area contributed by atoms with E-state index in [9.17, 15) is 8.42 Å². The molecule has 0 aliphatic carbocycles. The van der Waals surface area contributed by atoms with Gasteiger partial charge in [0.1, 0.15) is 0 Å². The minimum absolute atomic E-state index is 0.0797. The van der Waals surface area contributed by atoms with E-state index in [4.69, 9.17) is 0 Å². The Morgan fingerprint density at radius 2 is 1.82 bits per heavy atom. The van der Waals surface area contributed by atoms with Gasteiger partial charge in [-0.05, 0) is 43.5 Å². The number of hydrogen-bond acceptors (Lipinski definition) is 2. The number of rotatable bonds is 4. The standard InChI is InChI=1S/C12H18BrNO2S/c1-8(2)10(4)14-17(15,16)11-5-6-12(13)9(3)7-11/h5-8,10,14H,1-4H3/t10-/m1/s1. The van der Waals surface area contributed by atoms with Gasteiger partial charge in [0.2, 0.25) is 10.0 Å². The fraction of sp³-hybridized carbons (Fsp3) is 0.500. The van der Waals surface area contributed by atoms with Crippen molar-refractivity contribution in [1.82, 2.24) is 4.72 Å². The Morgan fingerprint density at radius 3 is 2.29 bits per heavy atom. The number of aryl methyl sites for hydroxylation is 1. The molecule has 0 saturated heterocycles. The molecule has 0 fully saturated rings. The summed E-state index contributed by atoms with van der Waals surface area (Å²) < 4.78 is 27.8. The zero-order valence-corrected chi connectivity index (χ0v) is 12.9. The second kappa shape index (κ2) is 5.50. The number of hydrogen-bond donors (Lipinski definition) is 1. The molecule has 0 heterocycles. The Bertz CT molecular complexity index is 497. The van der Waals surface area contributed by atoms with Crippen molar-refractivity contribution >= 4 is 26.0 Å². The van der Waals surface area contributed by atoms with E-state index < -0.39 is 10.0 Å². The van der Waals surface area contributed by atoms with E-state index in [1.807, 2.05) is 27.7 Å². The van der Waals surface area contributed by atoms with Gasteiger partial charge in [0.15, 0.2) is 0 Å². The van der Waals surface area contributed by atoms with Crippen LogP contribution < -0.4 is 4.72 Å². The molecule has 0 amide bonds. The third-order valence-electron chi connectivity index (χ3n) is 2.78. The lowest BCUT2D eigenvalue weighted by molar-refractivity contribution is 0.476. The van der Waals surface area contributed by atoms with Crippen LogP contribution in [0, 0.1) is 12.8 Å². The van der Waals surface area contributed by atoms with Crippen LogP contribution in [-0.4, -0.2) is 14.5 Å². The molecule has 3 nitrogen and oxygen atoms in total. The van der Waals surface area contributed by atoms with Crippen molar-refractivity contribution in [2.75, 3.05) is 0 Å². The second-order valence-electron chi connectivity index (χ2n) is 4.56. The van der Waals surface area contributed by atoms with Crippen molar-refractivity contribution in [3.8, 4) is 0 Å². The zero-order valence-electron chi connectivity index (χ0n) is 10.5. The SMILES string of the molecule is Cc1cc(S(=O)(=O)N[C@H](C)C(C)C)ccc1Br. The van der Waals surface area contributed by atoms with Crippen molar-refractivity contribution in [1.29, 1.82) is 0 Å². The van der Waals surface area contributed by atoms with Gasteiger partial charge in [-0.2, -0.15) is 0 Å². The second-order valence-corrected chi connectivity index (χ2v) is 7.13. The molecule has 0 unspecified atom stereocenters. The van der Waals surface area contributed by atoms with Crippen LogP contribution in [0.1, 0.15) is 26.3 Å². The van der Waals surface area contributed by atoms with Crippen molar-refractivity contribution < 1.29 is 8.42 Å². The largest absolute Gasteiger partial charge is 0.240 e. The Balaban J connectivity index is 3.01. The van der Waals surface area contributed by atoms with Gasteiger partial charge in [-0.3, -0.25) is 0 Å². The number of halogens is 1. The van der Waals surface area contributed by atoms with Crippen molar-refractivity contribution in [3.63, 3.8) is 0 Å². The maximum Gasteiger partial charge on any atom is 0.240 e. The molecule has 0 aliphatic rings. The average molecular weight is 320 g/mol. The summed E-state index contributed by atoms with van der Waals surface area (Å²) in [5.41, 5.74) is 0.907. The third-order valence-corrected chi connectivity index (χ3v) is 5.23. The van der Waals surface area contributed by atoms with Gasteiger partial charge in [-0.15, -0.1) is 0 Å². The Hall–Kier alpha value is -0.390. The lowest BCUT2D eigenvalue weighted by Crippen LogP contribution is -2.36. The van der Waals surface area contributed by atoms with Crippen molar-refractivity contribution in [2.45, 2.75) is 38.6 Å². The molecule has 1 rings (SSSR count). The van der Waals surface area contributed by atoms with E-state index in [1.54, 1.807) is 18.2 Å². The highest BCUT2D eigenvalue weighted by Crippen LogP contribution is 2.20. The van der Waals surface area contributed by atoms with E-state index in [1.165, 1.54) is 0 Å². The number of benzene rings is 1. The van der Waals surface area contributed by atoms with Crippen LogP contribution in [0.25, 0.3) is 0 Å². The first-order valence-electron chi connectivity index (χ1n) is 5.52. The number of sulfonamides is 1. The Morgan fingerprint density at radius 1 is 1.24 bits per heavy atom. The summed E-state index contributed by atoms with van der Waals surface area (Å²) in [5, 5.41) is 0. The predicted molar refractivity (Wildman–Crippen MR) is 73.5 cm³/mol. The summed E-state index contributed by atoms with van der Waals surface area (Å²) in [5.74, 6) is 0.265. The average Bonchev–Trinajstić information content (AvgIpc) is 2.21. The van der Waals surface area contributed by atoms with Crippen LogP contribution in [0.4, 0.5) is 0 Å². The molecule has 0 aromatic heterocycles. The fourth-order valence-electron chi connectivity index (χ4n) is 1.23. The molecule has 1 aromatic carbocycles. The molecular weight excluding hydrogens is 302 g/mol. The lowest BCUT2D eigenvalue weighted by Gasteiger charge is -2.17. The van der Waals surface area contributed by atoms with Gasteiger partial charge in [-0.25, -0.2) is 13.1 Å². The number of nitrogens with one attached hydrogen (secondary N) is 1. The molecule has 1 atom stereocenters. The van der Waals surface area contributed by atoms with Crippen LogP contribution in [0.2, 0.25) is 0 Å². The highest BCUT2D eigenvalue weighted by molar-refractivity contribution is 9.10. The molecule has 0 aliphatic heterocycles. The molecule has 96 valence electrons. The summed E-state index contributed by atoms with van der Waals surface area (Å²) in [7, 11) is -3.41. The van der Waals surface area contributed by atoms with Crippen molar-refractivity contribution in [2.24, 2.45) is 5.92 Å². The van der Waals surface area contributed by atoms with Gasteiger partial charge in [0.05, 0.1) is 4.90 Å². The van der Waals surface area contributed by atoms with Crippen LogP contribution in [0.15, 0.2) is 27.6 Å². The zero-order chi connectivity index (χ0) is 13.2.